The highest BCUT2D eigenvalue weighted by Crippen LogP contribution is 2.42. The number of carboxylic acid groups (broad SMARTS) is 1. The van der Waals surface area contributed by atoms with Crippen molar-refractivity contribution in [1.82, 2.24) is 4.90 Å². The summed E-state index contributed by atoms with van der Waals surface area (Å²) in [5.74, 6) is 0.425. The Bertz CT molecular complexity index is 1020. The van der Waals surface area contributed by atoms with E-state index in [9.17, 15) is 9.90 Å². The van der Waals surface area contributed by atoms with Gasteiger partial charge in [-0.25, -0.2) is 0 Å². The van der Waals surface area contributed by atoms with E-state index in [4.69, 9.17) is 9.47 Å². The van der Waals surface area contributed by atoms with Crippen LogP contribution in [0.2, 0.25) is 0 Å². The van der Waals surface area contributed by atoms with Gasteiger partial charge in [-0.05, 0) is 53.9 Å². The molecule has 0 aliphatic carbocycles. The van der Waals surface area contributed by atoms with Crippen LogP contribution in [0, 0.1) is 5.92 Å². The number of nitrogens with zero attached hydrogens (tertiary/aromatic N) is 1. The number of methoxy groups -OCH3 is 2. The minimum absolute atomic E-state index is 0.0749. The van der Waals surface area contributed by atoms with Crippen LogP contribution in [-0.4, -0.2) is 43.3 Å². The summed E-state index contributed by atoms with van der Waals surface area (Å²) in [6.07, 6.45) is 1.59. The lowest BCUT2D eigenvalue weighted by Crippen LogP contribution is -2.41. The number of carbonyl (C=O) groups is 1. The van der Waals surface area contributed by atoms with Crippen LogP contribution >= 0.6 is 11.3 Å². The molecule has 1 aliphatic heterocycles. The van der Waals surface area contributed by atoms with E-state index in [0.717, 1.165) is 36.4 Å². The van der Waals surface area contributed by atoms with Gasteiger partial charge in [-0.3, -0.25) is 9.69 Å². The lowest BCUT2D eigenvalue weighted by Gasteiger charge is -2.38. The van der Waals surface area contributed by atoms with E-state index in [1.807, 2.05) is 24.3 Å². The van der Waals surface area contributed by atoms with Gasteiger partial charge in [0.25, 0.3) is 0 Å². The molecule has 29 heavy (non-hydrogen) atoms. The van der Waals surface area contributed by atoms with E-state index < -0.39 is 5.97 Å². The standard InChI is InChI=1S/C23H25NO4S/c1-27-16-9-10-18(20(12-16)28-2)22(24-11-5-6-15(13-24)23(25)26)19-14-29-21-8-4-3-7-17(19)21/h3-4,7-10,12,14-15,22H,5-6,11,13H2,1-2H3,(H,25,26). The number of fused-ring (bicyclic) bond motifs is 1. The minimum atomic E-state index is -0.717. The highest BCUT2D eigenvalue weighted by atomic mass is 32.1. The summed E-state index contributed by atoms with van der Waals surface area (Å²) in [6.45, 7) is 1.38. The van der Waals surface area contributed by atoms with Crippen molar-refractivity contribution in [2.75, 3.05) is 27.3 Å². The molecule has 6 heteroatoms. The van der Waals surface area contributed by atoms with Crippen LogP contribution in [0.1, 0.15) is 30.0 Å². The monoisotopic (exact) mass is 411 g/mol. The van der Waals surface area contributed by atoms with Crippen LogP contribution in [0.25, 0.3) is 10.1 Å². The zero-order chi connectivity index (χ0) is 20.4. The third-order valence-corrected chi connectivity index (χ3v) is 6.69. The number of carboxylic acids is 1. The van der Waals surface area contributed by atoms with E-state index in [2.05, 4.69) is 28.5 Å². The molecular weight excluding hydrogens is 386 g/mol. The molecule has 1 N–H and O–H groups in total. The first kappa shape index (κ1) is 19.7. The molecule has 0 bridgehead atoms. The first-order valence-electron chi connectivity index (χ1n) is 9.77. The van der Waals surface area contributed by atoms with Gasteiger partial charge in [0.2, 0.25) is 0 Å². The van der Waals surface area contributed by atoms with Gasteiger partial charge in [0, 0.05) is 22.9 Å². The normalized spacial score (nSPS) is 18.5. The fourth-order valence-corrected chi connectivity index (χ4v) is 5.24. The predicted octanol–water partition coefficient (Wildman–Crippen LogP) is 4.80. The van der Waals surface area contributed by atoms with E-state index in [-0.39, 0.29) is 12.0 Å². The van der Waals surface area contributed by atoms with Crippen molar-refractivity contribution in [2.45, 2.75) is 18.9 Å². The molecule has 2 heterocycles. The van der Waals surface area contributed by atoms with Gasteiger partial charge in [0.15, 0.2) is 0 Å². The molecule has 1 aliphatic rings. The number of rotatable bonds is 6. The Labute approximate surface area is 174 Å². The number of hydrogen-bond acceptors (Lipinski definition) is 5. The van der Waals surface area contributed by atoms with Crippen molar-refractivity contribution >= 4 is 27.4 Å². The van der Waals surface area contributed by atoms with E-state index in [1.165, 1.54) is 15.6 Å². The molecule has 5 nitrogen and oxygen atoms in total. The maximum Gasteiger partial charge on any atom is 0.307 e. The number of thiophene rings is 1. The number of likely N-dealkylation sites (tertiary alicyclic amines) is 1. The molecule has 0 amide bonds. The summed E-state index contributed by atoms with van der Waals surface area (Å²) in [6, 6.07) is 14.2. The number of hydrogen-bond donors (Lipinski definition) is 1. The fraction of sp³-hybridized carbons (Fsp3) is 0.348. The van der Waals surface area contributed by atoms with Crippen molar-refractivity contribution in [3.63, 3.8) is 0 Å². The average Bonchev–Trinajstić information content (AvgIpc) is 3.18. The van der Waals surface area contributed by atoms with Crippen molar-refractivity contribution in [3.8, 4) is 11.5 Å². The first-order chi connectivity index (χ1) is 14.1. The summed E-state index contributed by atoms with van der Waals surface area (Å²) in [5.41, 5.74) is 2.22. The molecule has 2 atom stereocenters. The van der Waals surface area contributed by atoms with E-state index >= 15 is 0 Å². The van der Waals surface area contributed by atoms with Crippen LogP contribution in [0.15, 0.2) is 47.8 Å². The van der Waals surface area contributed by atoms with Gasteiger partial charge in [-0.1, -0.05) is 18.2 Å². The van der Waals surface area contributed by atoms with E-state index in [1.54, 1.807) is 25.6 Å². The second-order valence-electron chi connectivity index (χ2n) is 7.37. The Morgan fingerprint density at radius 2 is 2.00 bits per heavy atom. The number of piperidine rings is 1. The predicted molar refractivity (Wildman–Crippen MR) is 115 cm³/mol. The van der Waals surface area contributed by atoms with Crippen molar-refractivity contribution in [2.24, 2.45) is 5.92 Å². The van der Waals surface area contributed by atoms with Gasteiger partial charge in [0.1, 0.15) is 11.5 Å². The first-order valence-corrected chi connectivity index (χ1v) is 10.6. The van der Waals surface area contributed by atoms with Crippen molar-refractivity contribution in [1.29, 1.82) is 0 Å². The Hall–Kier alpha value is -2.57. The summed E-state index contributed by atoms with van der Waals surface area (Å²) >= 11 is 1.72. The second kappa shape index (κ2) is 8.43. The van der Waals surface area contributed by atoms with E-state index in [0.29, 0.717) is 6.54 Å². The molecule has 4 rings (SSSR count). The smallest absolute Gasteiger partial charge is 0.307 e. The van der Waals surface area contributed by atoms with Crippen LogP contribution in [0.3, 0.4) is 0 Å². The Kier molecular flexibility index (Phi) is 5.74. The SMILES string of the molecule is COc1ccc(C(c2csc3ccccc23)N2CCCC(C(=O)O)C2)c(OC)c1. The Balaban J connectivity index is 1.85. The average molecular weight is 412 g/mol. The van der Waals surface area contributed by atoms with Gasteiger partial charge in [-0.2, -0.15) is 0 Å². The number of ether oxygens (including phenoxy) is 2. The maximum absolute atomic E-state index is 11.7. The highest BCUT2D eigenvalue weighted by Gasteiger charge is 2.33. The van der Waals surface area contributed by atoms with Gasteiger partial charge in [-0.15, -0.1) is 11.3 Å². The maximum atomic E-state index is 11.7. The van der Waals surface area contributed by atoms with Crippen molar-refractivity contribution < 1.29 is 19.4 Å². The summed E-state index contributed by atoms with van der Waals surface area (Å²) in [7, 11) is 3.30. The lowest BCUT2D eigenvalue weighted by molar-refractivity contribution is -0.143. The largest absolute Gasteiger partial charge is 0.497 e. The third kappa shape index (κ3) is 3.82. The van der Waals surface area contributed by atoms with Gasteiger partial charge < -0.3 is 14.6 Å². The van der Waals surface area contributed by atoms with Gasteiger partial charge in [0.05, 0.1) is 26.2 Å². The molecule has 2 aromatic carbocycles. The molecule has 1 fully saturated rings. The van der Waals surface area contributed by atoms with Gasteiger partial charge >= 0.3 is 5.97 Å². The minimum Gasteiger partial charge on any atom is -0.497 e. The van der Waals surface area contributed by atoms with Crippen LogP contribution in [0.4, 0.5) is 0 Å². The summed E-state index contributed by atoms with van der Waals surface area (Å²) in [4.78, 5) is 14.0. The third-order valence-electron chi connectivity index (χ3n) is 5.71. The zero-order valence-corrected chi connectivity index (χ0v) is 17.4. The highest BCUT2D eigenvalue weighted by molar-refractivity contribution is 7.17. The molecule has 0 spiro atoms. The molecule has 1 aromatic heterocycles. The Morgan fingerprint density at radius 3 is 2.76 bits per heavy atom. The topological polar surface area (TPSA) is 59.0 Å². The van der Waals surface area contributed by atoms with Crippen molar-refractivity contribution in [3.05, 3.63) is 59.0 Å². The zero-order valence-electron chi connectivity index (χ0n) is 16.6. The summed E-state index contributed by atoms with van der Waals surface area (Å²) < 4.78 is 12.3. The molecule has 152 valence electrons. The molecule has 0 radical (unpaired) electrons. The lowest BCUT2D eigenvalue weighted by atomic mass is 9.90. The molecule has 2 unspecified atom stereocenters. The molecule has 3 aromatic rings. The quantitative estimate of drug-likeness (QED) is 0.631. The number of aliphatic carboxylic acids is 1. The number of benzene rings is 2. The summed E-state index contributed by atoms with van der Waals surface area (Å²) in [5, 5.41) is 13.0. The molecule has 0 saturated carbocycles. The fourth-order valence-electron chi connectivity index (χ4n) is 4.26. The second-order valence-corrected chi connectivity index (χ2v) is 8.28. The van der Waals surface area contributed by atoms with Crippen LogP contribution < -0.4 is 9.47 Å². The van der Waals surface area contributed by atoms with Crippen LogP contribution in [-0.2, 0) is 4.79 Å². The Morgan fingerprint density at radius 1 is 1.17 bits per heavy atom. The molecular formula is C23H25NO4S. The van der Waals surface area contributed by atoms with Crippen LogP contribution in [0.5, 0.6) is 11.5 Å². The molecule has 1 saturated heterocycles.